The zero-order valence-electron chi connectivity index (χ0n) is 20.0. The highest BCUT2D eigenvalue weighted by Crippen LogP contribution is 2.28. The van der Waals surface area contributed by atoms with Gasteiger partial charge in [-0.05, 0) is 62.9 Å². The molecule has 0 radical (unpaired) electrons. The summed E-state index contributed by atoms with van der Waals surface area (Å²) >= 11 is 0. The Kier molecular flexibility index (Phi) is 7.09. The minimum atomic E-state index is 0.0577. The normalized spacial score (nSPS) is 26.5. The highest BCUT2D eigenvalue weighted by molar-refractivity contribution is 6.35. The first-order valence-electron chi connectivity index (χ1n) is 12.6. The highest BCUT2D eigenvalue weighted by Gasteiger charge is 2.28. The second-order valence-corrected chi connectivity index (χ2v) is 9.89. The molecule has 0 aliphatic carbocycles. The number of likely N-dealkylation sites (N-methyl/N-ethyl adjacent to an activating group) is 1. The summed E-state index contributed by atoms with van der Waals surface area (Å²) in [4.78, 5) is 17.1. The van der Waals surface area contributed by atoms with E-state index in [4.69, 9.17) is 9.73 Å². The fraction of sp³-hybridized carbons (Fsp3) is 0.615. The number of piperidine rings is 1. The summed E-state index contributed by atoms with van der Waals surface area (Å²) in [6, 6.07) is 9.58. The van der Waals surface area contributed by atoms with E-state index in [-0.39, 0.29) is 6.04 Å². The van der Waals surface area contributed by atoms with E-state index in [0.29, 0.717) is 5.92 Å². The van der Waals surface area contributed by atoms with E-state index in [1.165, 1.54) is 44.7 Å². The van der Waals surface area contributed by atoms with Gasteiger partial charge in [-0.3, -0.25) is 14.9 Å². The van der Waals surface area contributed by atoms with Crippen molar-refractivity contribution in [3.8, 4) is 0 Å². The van der Waals surface area contributed by atoms with Crippen LogP contribution in [0, 0.1) is 5.92 Å². The minimum absolute atomic E-state index is 0.0577. The zero-order chi connectivity index (χ0) is 22.6. The Morgan fingerprint density at radius 1 is 0.939 bits per heavy atom. The van der Waals surface area contributed by atoms with Crippen LogP contribution in [0.15, 0.2) is 46.5 Å². The summed E-state index contributed by atoms with van der Waals surface area (Å²) in [6.07, 6.45) is 6.37. The average Bonchev–Trinajstić information content (AvgIpc) is 2.87. The van der Waals surface area contributed by atoms with Crippen LogP contribution in [0.1, 0.15) is 25.7 Å². The van der Waals surface area contributed by atoms with Crippen LogP contribution in [0.25, 0.3) is 0 Å². The molecule has 1 atom stereocenters. The van der Waals surface area contributed by atoms with Crippen LogP contribution < -0.4 is 10.2 Å². The van der Waals surface area contributed by atoms with Gasteiger partial charge in [0.1, 0.15) is 5.84 Å². The molecule has 0 bridgehead atoms. The van der Waals surface area contributed by atoms with E-state index in [1.807, 2.05) is 0 Å². The zero-order valence-corrected chi connectivity index (χ0v) is 20.0. The molecular formula is C26H38N6O. The van der Waals surface area contributed by atoms with Gasteiger partial charge >= 0.3 is 0 Å². The third-order valence-corrected chi connectivity index (χ3v) is 7.71. The molecule has 7 nitrogen and oxygen atoms in total. The molecule has 4 aliphatic heterocycles. The highest BCUT2D eigenvalue weighted by atomic mass is 16.5. The maximum atomic E-state index is 5.51. The number of hydrogen-bond donors (Lipinski definition) is 1. The summed E-state index contributed by atoms with van der Waals surface area (Å²) in [6.45, 7) is 12.9. The number of benzene rings is 1. The maximum absolute atomic E-state index is 5.51. The molecule has 1 N–H and O–H groups in total. The third kappa shape index (κ3) is 5.48. The second kappa shape index (κ2) is 10.4. The lowest BCUT2D eigenvalue weighted by molar-refractivity contribution is 0.0620. The number of rotatable bonds is 4. The molecule has 0 amide bonds. The molecule has 178 valence electrons. The lowest BCUT2D eigenvalue weighted by Crippen LogP contribution is -2.52. The smallest absolute Gasteiger partial charge is 0.144 e. The van der Waals surface area contributed by atoms with Crippen LogP contribution in [-0.4, -0.2) is 93.5 Å². The standard InChI is InChI=1S/C26H38N6O/c1-20-26(21-9-17-33-18-10-21)29-25(19-27-20)28-22-3-5-23(6-4-22)31-11-7-24(8-12-31)32-15-13-30(2)14-16-32/h3-6,19,21,24,26H,1,7-18H2,2H3,(H,28,29). The van der Waals surface area contributed by atoms with Crippen molar-refractivity contribution in [2.75, 3.05) is 69.7 Å². The Bertz CT molecular complexity index is 859. The van der Waals surface area contributed by atoms with Crippen molar-refractivity contribution < 1.29 is 4.74 Å². The third-order valence-electron chi connectivity index (χ3n) is 7.71. The fourth-order valence-electron chi connectivity index (χ4n) is 5.53. The SMILES string of the molecule is C=C1N=CC(Nc2ccc(N3CCC(N4CCN(C)CC4)CC3)cc2)=NC1C1CCOCC1. The first kappa shape index (κ1) is 22.6. The minimum Gasteiger partial charge on any atom is -0.381 e. The molecule has 1 unspecified atom stereocenters. The van der Waals surface area contributed by atoms with Gasteiger partial charge in [0, 0.05) is 69.9 Å². The molecule has 0 saturated carbocycles. The van der Waals surface area contributed by atoms with E-state index < -0.39 is 0 Å². The van der Waals surface area contributed by atoms with E-state index >= 15 is 0 Å². The second-order valence-electron chi connectivity index (χ2n) is 9.89. The van der Waals surface area contributed by atoms with E-state index in [0.717, 1.165) is 62.4 Å². The summed E-state index contributed by atoms with van der Waals surface area (Å²) in [5.41, 5.74) is 3.22. The van der Waals surface area contributed by atoms with E-state index in [9.17, 15) is 0 Å². The van der Waals surface area contributed by atoms with Gasteiger partial charge < -0.3 is 19.9 Å². The Morgan fingerprint density at radius 2 is 1.64 bits per heavy atom. The van der Waals surface area contributed by atoms with Crippen molar-refractivity contribution in [2.45, 2.75) is 37.8 Å². The molecule has 3 saturated heterocycles. The number of ether oxygens (including phenoxy) is 1. The van der Waals surface area contributed by atoms with Gasteiger partial charge in [0.15, 0.2) is 0 Å². The van der Waals surface area contributed by atoms with Crippen LogP contribution in [0.2, 0.25) is 0 Å². The number of nitrogens with one attached hydrogen (secondary N) is 1. The fourth-order valence-corrected chi connectivity index (χ4v) is 5.53. The number of piperazine rings is 1. The molecule has 1 aromatic rings. The molecule has 0 aromatic heterocycles. The van der Waals surface area contributed by atoms with Crippen LogP contribution in [-0.2, 0) is 4.74 Å². The summed E-state index contributed by atoms with van der Waals surface area (Å²) in [5.74, 6) is 1.29. The van der Waals surface area contributed by atoms with Crippen molar-refractivity contribution in [3.05, 3.63) is 36.5 Å². The van der Waals surface area contributed by atoms with Gasteiger partial charge in [-0.25, -0.2) is 0 Å². The van der Waals surface area contributed by atoms with Crippen molar-refractivity contribution in [1.29, 1.82) is 0 Å². The van der Waals surface area contributed by atoms with Gasteiger partial charge in [0.25, 0.3) is 0 Å². The van der Waals surface area contributed by atoms with Crippen LogP contribution in [0.4, 0.5) is 11.4 Å². The summed E-state index contributed by atoms with van der Waals surface area (Å²) in [7, 11) is 2.23. The van der Waals surface area contributed by atoms with E-state index in [2.05, 4.69) is 62.9 Å². The first-order valence-corrected chi connectivity index (χ1v) is 12.6. The molecule has 7 heteroatoms. The van der Waals surface area contributed by atoms with Crippen molar-refractivity contribution in [2.24, 2.45) is 15.9 Å². The largest absolute Gasteiger partial charge is 0.381 e. The molecule has 4 aliphatic rings. The van der Waals surface area contributed by atoms with Gasteiger partial charge in [0.05, 0.1) is 18.0 Å². The summed E-state index contributed by atoms with van der Waals surface area (Å²) < 4.78 is 5.51. The molecule has 3 fully saturated rings. The monoisotopic (exact) mass is 450 g/mol. The topological polar surface area (TPSA) is 55.7 Å². The van der Waals surface area contributed by atoms with Gasteiger partial charge in [-0.1, -0.05) is 6.58 Å². The van der Waals surface area contributed by atoms with Crippen LogP contribution >= 0.6 is 0 Å². The lowest BCUT2D eigenvalue weighted by Gasteiger charge is -2.42. The Labute approximate surface area is 198 Å². The Morgan fingerprint density at radius 3 is 2.33 bits per heavy atom. The molecule has 1 aromatic carbocycles. The number of aliphatic imine (C=N–C) groups is 2. The lowest BCUT2D eigenvalue weighted by atomic mass is 9.90. The van der Waals surface area contributed by atoms with Crippen molar-refractivity contribution in [3.63, 3.8) is 0 Å². The molecule has 33 heavy (non-hydrogen) atoms. The predicted octanol–water partition coefficient (Wildman–Crippen LogP) is 3.11. The molecule has 0 spiro atoms. The van der Waals surface area contributed by atoms with Crippen molar-refractivity contribution >= 4 is 23.4 Å². The molecular weight excluding hydrogens is 412 g/mol. The number of hydrogen-bond acceptors (Lipinski definition) is 7. The van der Waals surface area contributed by atoms with Crippen LogP contribution in [0.3, 0.4) is 0 Å². The predicted molar refractivity (Wildman–Crippen MR) is 137 cm³/mol. The number of anilines is 2. The van der Waals surface area contributed by atoms with Crippen LogP contribution in [0.5, 0.6) is 0 Å². The maximum Gasteiger partial charge on any atom is 0.144 e. The first-order chi connectivity index (χ1) is 16.2. The Balaban J connectivity index is 1.15. The van der Waals surface area contributed by atoms with Gasteiger partial charge in [0.2, 0.25) is 0 Å². The van der Waals surface area contributed by atoms with E-state index in [1.54, 1.807) is 6.21 Å². The Hall–Kier alpha value is -2.22. The molecule has 5 rings (SSSR count). The van der Waals surface area contributed by atoms with Crippen molar-refractivity contribution in [1.82, 2.24) is 9.80 Å². The summed E-state index contributed by atoms with van der Waals surface area (Å²) in [5, 5.41) is 3.45. The van der Waals surface area contributed by atoms with Gasteiger partial charge in [-0.15, -0.1) is 0 Å². The van der Waals surface area contributed by atoms with Gasteiger partial charge in [-0.2, -0.15) is 0 Å². The molecule has 4 heterocycles. The quantitative estimate of drug-likeness (QED) is 0.764. The number of amidine groups is 1. The number of nitrogens with zero attached hydrogens (tertiary/aromatic N) is 5. The average molecular weight is 451 g/mol.